The number of alkyl halides is 3. The van der Waals surface area contributed by atoms with Crippen molar-refractivity contribution in [3.05, 3.63) is 0 Å². The molecule has 0 aromatic carbocycles. The Bertz CT molecular complexity index is 145. The van der Waals surface area contributed by atoms with Gasteiger partial charge >= 0.3 is 0 Å². The van der Waals surface area contributed by atoms with Crippen LogP contribution in [0.25, 0.3) is 0 Å². The lowest BCUT2D eigenvalue weighted by Crippen LogP contribution is -2.34. The molecule has 0 aliphatic carbocycles. The van der Waals surface area contributed by atoms with Crippen LogP contribution in [-0.4, -0.2) is 32.0 Å². The summed E-state index contributed by atoms with van der Waals surface area (Å²) in [4.78, 5) is 10.3. The molecule has 3 N–H and O–H groups in total. The van der Waals surface area contributed by atoms with E-state index in [0.717, 1.165) is 0 Å². The molecule has 0 spiro atoms. The number of rotatable bonds is 5. The number of nitrogens with two attached hydrogens (primary N) is 1. The van der Waals surface area contributed by atoms with E-state index < -0.39 is 25.4 Å². The van der Waals surface area contributed by atoms with Gasteiger partial charge in [-0.05, 0) is 0 Å². The molecule has 0 radical (unpaired) electrons. The van der Waals surface area contributed by atoms with Crippen LogP contribution in [0.3, 0.4) is 0 Å². The number of halogens is 3. The van der Waals surface area contributed by atoms with Gasteiger partial charge in [-0.15, -0.1) is 0 Å². The van der Waals surface area contributed by atoms with Gasteiger partial charge in [-0.1, -0.05) is 0 Å². The molecule has 72 valence electrons. The summed E-state index contributed by atoms with van der Waals surface area (Å²) in [7, 11) is 0. The number of hydrogen-bond donors (Lipinski definition) is 2. The highest BCUT2D eigenvalue weighted by molar-refractivity contribution is 5.77. The first-order chi connectivity index (χ1) is 5.57. The van der Waals surface area contributed by atoms with E-state index >= 15 is 0 Å². The molecule has 0 rings (SSSR count). The Hall–Kier alpha value is -0.820. The second-order valence-corrected chi connectivity index (χ2v) is 1.80. The number of carbonyl (C=O) groups is 1. The minimum atomic E-state index is -3.21. The van der Waals surface area contributed by atoms with Gasteiger partial charge in [0.2, 0.25) is 5.91 Å². The van der Waals surface area contributed by atoms with Crippen molar-refractivity contribution in [2.24, 2.45) is 5.73 Å². The van der Waals surface area contributed by atoms with E-state index in [-0.39, 0.29) is 6.54 Å². The van der Waals surface area contributed by atoms with Crippen molar-refractivity contribution in [3.8, 4) is 0 Å². The van der Waals surface area contributed by atoms with Crippen LogP contribution >= 0.6 is 0 Å². The molecule has 0 bridgehead atoms. The zero-order chi connectivity index (χ0) is 9.56. The van der Waals surface area contributed by atoms with Crippen molar-refractivity contribution in [3.63, 3.8) is 0 Å². The molecule has 0 aromatic rings. The maximum absolute atomic E-state index is 11.9. The molecule has 0 heterocycles. The smallest absolute Gasteiger partial charge is 0.293 e. The molecule has 1 atom stereocenters. The average molecular weight is 186 g/mol. The van der Waals surface area contributed by atoms with Gasteiger partial charge in [0.15, 0.2) is 0 Å². The summed E-state index contributed by atoms with van der Waals surface area (Å²) in [6, 6.07) is 0. The Morgan fingerprint density at radius 2 is 2.08 bits per heavy atom. The van der Waals surface area contributed by atoms with E-state index in [1.165, 1.54) is 0 Å². The highest BCUT2D eigenvalue weighted by atomic mass is 19.3. The lowest BCUT2D eigenvalue weighted by atomic mass is 10.6. The minimum Gasteiger partial charge on any atom is -0.332 e. The van der Waals surface area contributed by atoms with Crippen LogP contribution in [0.2, 0.25) is 0 Å². The number of carbonyl (C=O) groups excluding carboxylic acids is 1. The number of nitrogens with one attached hydrogen (secondary N) is 1. The van der Waals surface area contributed by atoms with Crippen LogP contribution in [0.4, 0.5) is 13.2 Å². The topological polar surface area (TPSA) is 64.4 Å². The molecule has 4 nitrogen and oxygen atoms in total. The van der Waals surface area contributed by atoms with Crippen molar-refractivity contribution in [2.45, 2.75) is 12.8 Å². The van der Waals surface area contributed by atoms with Crippen LogP contribution in [0.15, 0.2) is 0 Å². The first-order valence-electron chi connectivity index (χ1n) is 3.08. The standard InChI is InChI=1S/C5H9F3N2O2/c6-4(7)5(8)12-2-10-3(11)1-9/h4-5H,1-2,9H2,(H,10,11). The number of ether oxygens (including phenoxy) is 1. The molecule has 12 heavy (non-hydrogen) atoms. The summed E-state index contributed by atoms with van der Waals surface area (Å²) in [5.74, 6) is -0.600. The second kappa shape index (κ2) is 5.78. The highest BCUT2D eigenvalue weighted by Crippen LogP contribution is 2.05. The third kappa shape index (κ3) is 4.91. The van der Waals surface area contributed by atoms with Crippen LogP contribution < -0.4 is 11.1 Å². The summed E-state index contributed by atoms with van der Waals surface area (Å²) in [6.07, 6.45) is -5.89. The maximum Gasteiger partial charge on any atom is 0.293 e. The van der Waals surface area contributed by atoms with Gasteiger partial charge in [0.05, 0.1) is 6.54 Å². The van der Waals surface area contributed by atoms with E-state index in [1.54, 1.807) is 0 Å². The molecule has 0 aromatic heterocycles. The Labute approximate surface area is 66.9 Å². The normalized spacial score (nSPS) is 13.1. The SMILES string of the molecule is NCC(=O)NCOC(F)C(F)F. The summed E-state index contributed by atoms with van der Waals surface area (Å²) >= 11 is 0. The van der Waals surface area contributed by atoms with Crippen LogP contribution in [0.5, 0.6) is 0 Å². The quantitative estimate of drug-likeness (QED) is 0.574. The van der Waals surface area contributed by atoms with Crippen molar-refractivity contribution in [1.29, 1.82) is 0 Å². The Kier molecular flexibility index (Phi) is 5.39. The van der Waals surface area contributed by atoms with Gasteiger partial charge in [-0.25, -0.2) is 13.2 Å². The first-order valence-corrected chi connectivity index (χ1v) is 3.08. The van der Waals surface area contributed by atoms with Crippen LogP contribution in [-0.2, 0) is 9.53 Å². The predicted molar refractivity (Wildman–Crippen MR) is 34.0 cm³/mol. The first kappa shape index (κ1) is 11.2. The van der Waals surface area contributed by atoms with E-state index in [9.17, 15) is 18.0 Å². The predicted octanol–water partition coefficient (Wildman–Crippen LogP) is -0.404. The fraction of sp³-hybridized carbons (Fsp3) is 0.800. The third-order valence-electron chi connectivity index (χ3n) is 0.895. The third-order valence-corrected chi connectivity index (χ3v) is 0.895. The van der Waals surface area contributed by atoms with Crippen molar-refractivity contribution < 1.29 is 22.7 Å². The molecule has 0 aliphatic heterocycles. The van der Waals surface area contributed by atoms with Gasteiger partial charge in [-0.3, -0.25) is 4.79 Å². The zero-order valence-electron chi connectivity index (χ0n) is 6.10. The second-order valence-electron chi connectivity index (χ2n) is 1.80. The molecular weight excluding hydrogens is 177 g/mol. The van der Waals surface area contributed by atoms with E-state index in [1.807, 2.05) is 5.32 Å². The Morgan fingerprint density at radius 1 is 1.50 bits per heavy atom. The fourth-order valence-electron chi connectivity index (χ4n) is 0.347. The van der Waals surface area contributed by atoms with Crippen LogP contribution in [0.1, 0.15) is 0 Å². The van der Waals surface area contributed by atoms with Crippen molar-refractivity contribution in [1.82, 2.24) is 5.32 Å². The van der Waals surface area contributed by atoms with E-state index in [2.05, 4.69) is 4.74 Å². The highest BCUT2D eigenvalue weighted by Gasteiger charge is 2.19. The molecule has 0 saturated carbocycles. The summed E-state index contributed by atoms with van der Waals surface area (Å²) in [6.45, 7) is -0.906. The van der Waals surface area contributed by atoms with Gasteiger partial charge in [0, 0.05) is 0 Å². The summed E-state index contributed by atoms with van der Waals surface area (Å²) in [5.41, 5.74) is 4.84. The van der Waals surface area contributed by atoms with E-state index in [4.69, 9.17) is 5.73 Å². The lowest BCUT2D eigenvalue weighted by molar-refractivity contribution is -0.141. The van der Waals surface area contributed by atoms with E-state index in [0.29, 0.717) is 0 Å². The van der Waals surface area contributed by atoms with Crippen LogP contribution in [0, 0.1) is 0 Å². The number of hydrogen-bond acceptors (Lipinski definition) is 3. The molecule has 7 heteroatoms. The molecule has 1 unspecified atom stereocenters. The van der Waals surface area contributed by atoms with Gasteiger partial charge in [-0.2, -0.15) is 0 Å². The summed E-state index contributed by atoms with van der Waals surface area (Å²) in [5, 5.41) is 1.96. The largest absolute Gasteiger partial charge is 0.332 e. The Balaban J connectivity index is 3.37. The maximum atomic E-state index is 11.9. The zero-order valence-corrected chi connectivity index (χ0v) is 6.10. The minimum absolute atomic E-state index is 0.297. The molecule has 0 aliphatic rings. The Morgan fingerprint density at radius 3 is 2.50 bits per heavy atom. The average Bonchev–Trinajstić information content (AvgIpc) is 2.03. The fourth-order valence-corrected chi connectivity index (χ4v) is 0.347. The molecular formula is C5H9F3N2O2. The molecule has 0 saturated heterocycles. The monoisotopic (exact) mass is 186 g/mol. The van der Waals surface area contributed by atoms with Crippen molar-refractivity contribution >= 4 is 5.91 Å². The number of amides is 1. The molecule has 1 amide bonds. The van der Waals surface area contributed by atoms with Gasteiger partial charge < -0.3 is 15.8 Å². The molecule has 0 fully saturated rings. The summed E-state index contributed by atoms with van der Waals surface area (Å²) < 4.78 is 38.6. The van der Waals surface area contributed by atoms with Gasteiger partial charge in [0.25, 0.3) is 12.8 Å². The van der Waals surface area contributed by atoms with Crippen molar-refractivity contribution in [2.75, 3.05) is 13.3 Å². The van der Waals surface area contributed by atoms with Gasteiger partial charge in [0.1, 0.15) is 6.73 Å². The lowest BCUT2D eigenvalue weighted by Gasteiger charge is -2.08.